The van der Waals surface area contributed by atoms with Gasteiger partial charge in [-0.05, 0) is 12.5 Å². The lowest BCUT2D eigenvalue weighted by Crippen LogP contribution is -2.27. The van der Waals surface area contributed by atoms with Crippen LogP contribution < -0.4 is 9.47 Å². The summed E-state index contributed by atoms with van der Waals surface area (Å²) in [6.07, 6.45) is 0.0539. The molecule has 1 unspecified atom stereocenters. The molecular weight excluding hydrogens is 272 g/mol. The molecule has 0 amide bonds. The molecule has 6 heteroatoms. The fraction of sp³-hybridized carbons (Fsp3) is 0.462. The summed E-state index contributed by atoms with van der Waals surface area (Å²) in [7, 11) is 1.43. The second-order valence-electron chi connectivity index (χ2n) is 3.99. The Balaban J connectivity index is 3.13. The Labute approximate surface area is 116 Å². The van der Waals surface area contributed by atoms with Gasteiger partial charge in [-0.15, -0.1) is 0 Å². The van der Waals surface area contributed by atoms with Crippen molar-refractivity contribution in [3.63, 3.8) is 0 Å². The maximum atomic E-state index is 11.1. The van der Waals surface area contributed by atoms with Crippen LogP contribution in [0.5, 0.6) is 11.5 Å². The van der Waals surface area contributed by atoms with E-state index in [1.54, 1.807) is 0 Å². The molecule has 0 radical (unpaired) electrons. The molecule has 0 bridgehead atoms. The van der Waals surface area contributed by atoms with Crippen molar-refractivity contribution in [1.82, 2.24) is 0 Å². The summed E-state index contributed by atoms with van der Waals surface area (Å²) in [6.45, 7) is 1.55. The van der Waals surface area contributed by atoms with E-state index in [0.717, 1.165) is 0 Å². The summed E-state index contributed by atoms with van der Waals surface area (Å²) in [5.74, 6) is -0.531. The number of aliphatic hydroxyl groups is 1. The van der Waals surface area contributed by atoms with E-state index in [2.05, 4.69) is 0 Å². The van der Waals surface area contributed by atoms with Gasteiger partial charge in [0.25, 0.3) is 0 Å². The summed E-state index contributed by atoms with van der Waals surface area (Å²) >= 11 is 5.88. The Morgan fingerprint density at radius 2 is 2.16 bits per heavy atom. The molecule has 0 heterocycles. The van der Waals surface area contributed by atoms with Crippen LogP contribution in [0.3, 0.4) is 0 Å². The fourth-order valence-electron chi connectivity index (χ4n) is 1.66. The number of carboxylic acids is 1. The molecule has 0 saturated carbocycles. The molecule has 0 aromatic heterocycles. The third kappa shape index (κ3) is 4.01. The van der Waals surface area contributed by atoms with Crippen LogP contribution in [-0.2, 0) is 11.4 Å². The third-order valence-corrected chi connectivity index (χ3v) is 2.79. The van der Waals surface area contributed by atoms with Gasteiger partial charge in [0.2, 0.25) is 0 Å². The van der Waals surface area contributed by atoms with Crippen LogP contribution in [0.2, 0.25) is 5.02 Å². The normalized spacial score (nSPS) is 12.0. The van der Waals surface area contributed by atoms with E-state index in [1.807, 2.05) is 6.92 Å². The van der Waals surface area contributed by atoms with E-state index >= 15 is 0 Å². The van der Waals surface area contributed by atoms with Gasteiger partial charge in [-0.25, -0.2) is 4.79 Å². The molecule has 1 aromatic carbocycles. The van der Waals surface area contributed by atoms with Crippen LogP contribution in [0.25, 0.3) is 0 Å². The second-order valence-corrected chi connectivity index (χ2v) is 4.42. The minimum Gasteiger partial charge on any atom is -0.493 e. The van der Waals surface area contributed by atoms with Crippen LogP contribution in [0.1, 0.15) is 25.3 Å². The molecule has 0 aliphatic rings. The van der Waals surface area contributed by atoms with E-state index < -0.39 is 12.1 Å². The van der Waals surface area contributed by atoms with E-state index in [-0.39, 0.29) is 12.4 Å². The van der Waals surface area contributed by atoms with Crippen LogP contribution in [-0.4, -0.2) is 29.4 Å². The Morgan fingerprint density at radius 3 is 2.63 bits per heavy atom. The zero-order chi connectivity index (χ0) is 14.4. The SMILES string of the molecule is CCCC(Oc1c(CO)cc(Cl)cc1OC)C(=O)O. The summed E-state index contributed by atoms with van der Waals surface area (Å²) in [5.41, 5.74) is 0.395. The molecule has 0 aliphatic carbocycles. The van der Waals surface area contributed by atoms with Gasteiger partial charge in [-0.1, -0.05) is 24.9 Å². The van der Waals surface area contributed by atoms with Crippen LogP contribution in [0, 0.1) is 0 Å². The highest BCUT2D eigenvalue weighted by atomic mass is 35.5. The molecule has 0 aliphatic heterocycles. The smallest absolute Gasteiger partial charge is 0.344 e. The number of methoxy groups -OCH3 is 1. The summed E-state index contributed by atoms with van der Waals surface area (Å²) < 4.78 is 10.6. The Kier molecular flexibility index (Phi) is 5.92. The van der Waals surface area contributed by atoms with Crippen molar-refractivity contribution < 1.29 is 24.5 Å². The van der Waals surface area contributed by atoms with Crippen molar-refractivity contribution in [1.29, 1.82) is 0 Å². The largest absolute Gasteiger partial charge is 0.493 e. The molecule has 1 aromatic rings. The highest BCUT2D eigenvalue weighted by molar-refractivity contribution is 6.30. The predicted molar refractivity (Wildman–Crippen MR) is 70.9 cm³/mol. The highest BCUT2D eigenvalue weighted by Crippen LogP contribution is 2.35. The van der Waals surface area contributed by atoms with Gasteiger partial charge in [-0.2, -0.15) is 0 Å². The van der Waals surface area contributed by atoms with E-state index in [4.69, 9.17) is 26.2 Å². The Morgan fingerprint density at radius 1 is 1.47 bits per heavy atom. The minimum atomic E-state index is -1.05. The summed E-state index contributed by atoms with van der Waals surface area (Å²) in [5, 5.41) is 18.8. The summed E-state index contributed by atoms with van der Waals surface area (Å²) in [6, 6.07) is 3.03. The molecule has 2 N–H and O–H groups in total. The molecule has 1 atom stereocenters. The van der Waals surface area contributed by atoms with E-state index in [1.165, 1.54) is 19.2 Å². The number of aliphatic carboxylic acids is 1. The van der Waals surface area contributed by atoms with Gasteiger partial charge >= 0.3 is 5.97 Å². The molecule has 0 fully saturated rings. The van der Waals surface area contributed by atoms with Gasteiger partial charge in [0.05, 0.1) is 13.7 Å². The molecule has 19 heavy (non-hydrogen) atoms. The topological polar surface area (TPSA) is 76.0 Å². The maximum absolute atomic E-state index is 11.1. The van der Waals surface area contributed by atoms with Crippen molar-refractivity contribution in [3.8, 4) is 11.5 Å². The number of aliphatic hydroxyl groups excluding tert-OH is 1. The van der Waals surface area contributed by atoms with Gasteiger partial charge < -0.3 is 19.7 Å². The number of hydrogen-bond acceptors (Lipinski definition) is 4. The van der Waals surface area contributed by atoms with Crippen LogP contribution in [0.15, 0.2) is 12.1 Å². The number of hydrogen-bond donors (Lipinski definition) is 2. The van der Waals surface area contributed by atoms with Crippen molar-refractivity contribution in [2.24, 2.45) is 0 Å². The molecule has 106 valence electrons. The van der Waals surface area contributed by atoms with Gasteiger partial charge in [0.1, 0.15) is 0 Å². The zero-order valence-electron chi connectivity index (χ0n) is 10.9. The fourth-order valence-corrected chi connectivity index (χ4v) is 1.89. The zero-order valence-corrected chi connectivity index (χ0v) is 11.6. The van der Waals surface area contributed by atoms with Crippen molar-refractivity contribution in [3.05, 3.63) is 22.7 Å². The number of benzene rings is 1. The first-order valence-corrected chi connectivity index (χ1v) is 6.28. The molecule has 5 nitrogen and oxygen atoms in total. The lowest BCUT2D eigenvalue weighted by Gasteiger charge is -2.19. The standard InChI is InChI=1S/C13H17ClO5/c1-3-4-10(13(16)17)19-12-8(7-15)5-9(14)6-11(12)18-2/h5-6,10,15H,3-4,7H2,1-2H3,(H,16,17). The van der Waals surface area contributed by atoms with E-state index in [9.17, 15) is 9.90 Å². The molecular formula is C13H17ClO5. The molecule has 0 spiro atoms. The first-order chi connectivity index (χ1) is 9.03. The van der Waals surface area contributed by atoms with Crippen LogP contribution >= 0.6 is 11.6 Å². The van der Waals surface area contributed by atoms with Crippen LogP contribution in [0.4, 0.5) is 0 Å². The second kappa shape index (κ2) is 7.21. The number of halogens is 1. The van der Waals surface area contributed by atoms with E-state index in [0.29, 0.717) is 29.2 Å². The van der Waals surface area contributed by atoms with Crippen molar-refractivity contribution in [2.45, 2.75) is 32.5 Å². The lowest BCUT2D eigenvalue weighted by molar-refractivity contribution is -0.145. The average molecular weight is 289 g/mol. The van der Waals surface area contributed by atoms with Crippen molar-refractivity contribution in [2.75, 3.05) is 7.11 Å². The molecule has 0 saturated heterocycles. The quantitative estimate of drug-likeness (QED) is 0.806. The minimum absolute atomic E-state index is 0.218. The van der Waals surface area contributed by atoms with Gasteiger partial charge in [-0.3, -0.25) is 0 Å². The highest BCUT2D eigenvalue weighted by Gasteiger charge is 2.22. The lowest BCUT2D eigenvalue weighted by atomic mass is 10.1. The first kappa shape index (κ1) is 15.6. The number of carboxylic acid groups (broad SMARTS) is 1. The Bertz CT molecular complexity index is 422. The number of carbonyl (C=O) groups is 1. The summed E-state index contributed by atoms with van der Waals surface area (Å²) in [4.78, 5) is 11.1. The van der Waals surface area contributed by atoms with Crippen molar-refractivity contribution >= 4 is 17.6 Å². The Hall–Kier alpha value is -1.46. The third-order valence-electron chi connectivity index (χ3n) is 2.57. The predicted octanol–water partition coefficient (Wildman–Crippen LogP) is 2.47. The average Bonchev–Trinajstić information content (AvgIpc) is 2.38. The van der Waals surface area contributed by atoms with Gasteiger partial charge in [0.15, 0.2) is 17.6 Å². The first-order valence-electron chi connectivity index (χ1n) is 5.90. The van der Waals surface area contributed by atoms with Gasteiger partial charge in [0, 0.05) is 16.7 Å². The monoisotopic (exact) mass is 288 g/mol. The number of ether oxygens (including phenoxy) is 2. The maximum Gasteiger partial charge on any atom is 0.344 e. The molecule has 1 rings (SSSR count). The number of rotatable bonds is 7.